The Hall–Kier alpha value is -1.01. The summed E-state index contributed by atoms with van der Waals surface area (Å²) in [5.41, 5.74) is 2.28. The van der Waals surface area contributed by atoms with Crippen molar-refractivity contribution in [1.29, 1.82) is 0 Å². The van der Waals surface area contributed by atoms with E-state index in [1.165, 1.54) is 12.8 Å². The van der Waals surface area contributed by atoms with Gasteiger partial charge in [-0.1, -0.05) is 6.07 Å². The van der Waals surface area contributed by atoms with E-state index in [-0.39, 0.29) is 0 Å². The van der Waals surface area contributed by atoms with Crippen molar-refractivity contribution < 1.29 is 0 Å². The van der Waals surface area contributed by atoms with Crippen molar-refractivity contribution in [3.63, 3.8) is 0 Å². The van der Waals surface area contributed by atoms with Gasteiger partial charge in [0.15, 0.2) is 0 Å². The van der Waals surface area contributed by atoms with Crippen LogP contribution in [0.25, 0.3) is 0 Å². The number of nitrogens with zero attached hydrogens (tertiary/aromatic N) is 3. The highest BCUT2D eigenvalue weighted by Gasteiger charge is 2.12. The Morgan fingerprint density at radius 1 is 1.04 bits per heavy atom. The van der Waals surface area contributed by atoms with E-state index in [0.717, 1.165) is 50.7 Å². The predicted molar refractivity (Wildman–Crippen MR) is 101 cm³/mol. The fraction of sp³-hybridized carbons (Fsp3) is 0.737. The lowest BCUT2D eigenvalue weighted by Gasteiger charge is -2.25. The van der Waals surface area contributed by atoms with Gasteiger partial charge in [0.25, 0.3) is 0 Å². The number of hydrogen-bond donors (Lipinski definition) is 2. The molecule has 1 aromatic heterocycles. The van der Waals surface area contributed by atoms with Gasteiger partial charge >= 0.3 is 0 Å². The number of rotatable bonds is 3. The van der Waals surface area contributed by atoms with Gasteiger partial charge in [-0.15, -0.1) is 0 Å². The molecule has 2 atom stereocenters. The van der Waals surface area contributed by atoms with E-state index < -0.39 is 0 Å². The fourth-order valence-electron chi connectivity index (χ4n) is 3.08. The zero-order chi connectivity index (χ0) is 17.4. The minimum absolute atomic E-state index is 0.301. The lowest BCUT2D eigenvalue weighted by atomic mass is 10.1. The molecule has 2 N–H and O–H groups in total. The molecule has 1 aliphatic heterocycles. The van der Waals surface area contributed by atoms with Crippen LogP contribution in [0.4, 0.5) is 0 Å². The molecule has 5 heteroatoms. The molecule has 0 fully saturated rings. The Morgan fingerprint density at radius 3 is 2.08 bits per heavy atom. The summed E-state index contributed by atoms with van der Waals surface area (Å²) in [4.78, 5) is 9.71. The summed E-state index contributed by atoms with van der Waals surface area (Å²) in [6, 6.07) is 6.99. The third kappa shape index (κ3) is 6.48. The Labute approximate surface area is 147 Å². The van der Waals surface area contributed by atoms with E-state index in [4.69, 9.17) is 4.98 Å². The van der Waals surface area contributed by atoms with Crippen LogP contribution >= 0.6 is 0 Å². The van der Waals surface area contributed by atoms with Crippen LogP contribution in [0.2, 0.25) is 0 Å². The largest absolute Gasteiger partial charge is 0.309 e. The Balaban J connectivity index is 1.98. The van der Waals surface area contributed by atoms with Gasteiger partial charge < -0.3 is 20.4 Å². The van der Waals surface area contributed by atoms with Crippen LogP contribution in [0.5, 0.6) is 0 Å². The zero-order valence-corrected chi connectivity index (χ0v) is 15.9. The van der Waals surface area contributed by atoms with Gasteiger partial charge in [0.1, 0.15) is 0 Å². The lowest BCUT2D eigenvalue weighted by molar-refractivity contribution is 0.233. The normalized spacial score (nSPS) is 24.7. The number of aromatic nitrogens is 1. The molecular formula is C19H35N5. The van der Waals surface area contributed by atoms with Gasteiger partial charge in [-0.05, 0) is 79.1 Å². The minimum atomic E-state index is 0.301. The average molecular weight is 334 g/mol. The Kier molecular flexibility index (Phi) is 8.12. The molecule has 0 saturated carbocycles. The molecule has 24 heavy (non-hydrogen) atoms. The fourth-order valence-corrected chi connectivity index (χ4v) is 3.08. The lowest BCUT2D eigenvalue weighted by Crippen LogP contribution is -2.36. The van der Waals surface area contributed by atoms with E-state index in [1.807, 2.05) is 0 Å². The summed E-state index contributed by atoms with van der Waals surface area (Å²) in [7, 11) is 4.30. The molecule has 1 aliphatic rings. The van der Waals surface area contributed by atoms with Crippen molar-refractivity contribution in [2.24, 2.45) is 0 Å². The molecule has 2 heterocycles. The molecule has 136 valence electrons. The van der Waals surface area contributed by atoms with Crippen LogP contribution in [-0.4, -0.2) is 68.1 Å². The zero-order valence-electron chi connectivity index (χ0n) is 15.9. The van der Waals surface area contributed by atoms with Gasteiger partial charge in [-0.2, -0.15) is 0 Å². The maximum atomic E-state index is 4.85. The van der Waals surface area contributed by atoms with E-state index in [9.17, 15) is 0 Å². The molecule has 0 unspecified atom stereocenters. The Bertz CT molecular complexity index is 443. The SMILES string of the molecule is C[C@@H]1NCCCN(CCN(C)C)CCCN[C@@H](C)c2cccc1n2. The van der Waals surface area contributed by atoms with Gasteiger partial charge in [-0.3, -0.25) is 4.98 Å². The number of hydrogen-bond acceptors (Lipinski definition) is 5. The molecule has 1 aromatic rings. The third-order valence-electron chi connectivity index (χ3n) is 4.75. The highest BCUT2D eigenvalue weighted by atomic mass is 15.2. The molecule has 2 bridgehead atoms. The Morgan fingerprint density at radius 2 is 1.58 bits per heavy atom. The van der Waals surface area contributed by atoms with Crippen molar-refractivity contribution >= 4 is 0 Å². The predicted octanol–water partition coefficient (Wildman–Crippen LogP) is 2.04. The molecule has 0 spiro atoms. The molecular weight excluding hydrogens is 298 g/mol. The molecule has 2 rings (SSSR count). The first-order chi connectivity index (χ1) is 11.6. The summed E-state index contributed by atoms with van der Waals surface area (Å²) in [5.74, 6) is 0. The van der Waals surface area contributed by atoms with E-state index >= 15 is 0 Å². The molecule has 0 aliphatic carbocycles. The van der Waals surface area contributed by atoms with Crippen molar-refractivity contribution in [1.82, 2.24) is 25.4 Å². The van der Waals surface area contributed by atoms with E-state index in [2.05, 4.69) is 66.6 Å². The van der Waals surface area contributed by atoms with Crippen LogP contribution in [0.15, 0.2) is 18.2 Å². The summed E-state index contributed by atoms with van der Waals surface area (Å²) in [6.07, 6.45) is 2.36. The maximum absolute atomic E-state index is 4.85. The molecule has 0 amide bonds. The second-order valence-electron chi connectivity index (χ2n) is 7.19. The van der Waals surface area contributed by atoms with Gasteiger partial charge in [0, 0.05) is 25.2 Å². The smallest absolute Gasteiger partial charge is 0.0574 e. The standard InChI is InChI=1S/C19H35N5/c1-16-18-8-5-9-19(22-18)17(2)21-11-7-13-24(12-6-10-20-16)15-14-23(3)4/h5,8-9,16-17,20-21H,6-7,10-15H2,1-4H3/t16-,17-/m0/s1. The summed E-state index contributed by atoms with van der Waals surface area (Å²) >= 11 is 0. The van der Waals surface area contributed by atoms with Gasteiger partial charge in [-0.25, -0.2) is 0 Å². The van der Waals surface area contributed by atoms with E-state index in [1.54, 1.807) is 0 Å². The average Bonchev–Trinajstić information content (AvgIpc) is 2.58. The first kappa shape index (κ1) is 19.3. The van der Waals surface area contributed by atoms with Crippen LogP contribution in [-0.2, 0) is 0 Å². The van der Waals surface area contributed by atoms with E-state index in [0.29, 0.717) is 12.1 Å². The van der Waals surface area contributed by atoms with Gasteiger partial charge in [0.05, 0.1) is 11.4 Å². The minimum Gasteiger partial charge on any atom is -0.309 e. The van der Waals surface area contributed by atoms with Gasteiger partial charge in [0.2, 0.25) is 0 Å². The first-order valence-corrected chi connectivity index (χ1v) is 9.37. The molecule has 0 saturated heterocycles. The van der Waals surface area contributed by atoms with Crippen molar-refractivity contribution in [3.05, 3.63) is 29.6 Å². The number of nitrogens with one attached hydrogen (secondary N) is 2. The first-order valence-electron chi connectivity index (χ1n) is 9.37. The molecule has 0 aromatic carbocycles. The highest BCUT2D eigenvalue weighted by Crippen LogP contribution is 2.15. The second-order valence-corrected chi connectivity index (χ2v) is 7.19. The number of likely N-dealkylation sites (N-methyl/N-ethyl adjacent to an activating group) is 1. The van der Waals surface area contributed by atoms with Crippen LogP contribution in [0, 0.1) is 0 Å². The molecule has 5 nitrogen and oxygen atoms in total. The number of pyridine rings is 1. The summed E-state index contributed by atoms with van der Waals surface area (Å²) < 4.78 is 0. The van der Waals surface area contributed by atoms with Crippen LogP contribution < -0.4 is 10.6 Å². The summed E-state index contributed by atoms with van der Waals surface area (Å²) in [5, 5.41) is 7.25. The maximum Gasteiger partial charge on any atom is 0.0574 e. The number of fused-ring (bicyclic) bond motifs is 2. The third-order valence-corrected chi connectivity index (χ3v) is 4.75. The van der Waals surface area contributed by atoms with Crippen LogP contribution in [0.3, 0.4) is 0 Å². The monoisotopic (exact) mass is 333 g/mol. The summed E-state index contributed by atoms with van der Waals surface area (Å²) in [6.45, 7) is 11.1. The van der Waals surface area contributed by atoms with Crippen molar-refractivity contribution in [3.8, 4) is 0 Å². The van der Waals surface area contributed by atoms with Crippen molar-refractivity contribution in [2.75, 3.05) is 53.4 Å². The highest BCUT2D eigenvalue weighted by molar-refractivity contribution is 5.16. The van der Waals surface area contributed by atoms with Crippen molar-refractivity contribution in [2.45, 2.75) is 38.8 Å². The second kappa shape index (κ2) is 10.1. The quantitative estimate of drug-likeness (QED) is 0.886. The topological polar surface area (TPSA) is 43.4 Å². The van der Waals surface area contributed by atoms with Crippen LogP contribution in [0.1, 0.15) is 50.2 Å². The molecule has 0 radical (unpaired) electrons.